The van der Waals surface area contributed by atoms with Gasteiger partial charge < -0.3 is 15.4 Å². The zero-order valence-electron chi connectivity index (χ0n) is 10.2. The lowest BCUT2D eigenvalue weighted by atomic mass is 10.0. The second-order valence-electron chi connectivity index (χ2n) is 4.42. The predicted octanol–water partition coefficient (Wildman–Crippen LogP) is 2.02. The molecule has 0 fully saturated rings. The first-order chi connectivity index (χ1) is 8.19. The third-order valence-corrected chi connectivity index (χ3v) is 2.83. The van der Waals surface area contributed by atoms with Gasteiger partial charge in [-0.1, -0.05) is 0 Å². The fraction of sp³-hybridized carbons (Fsp3) is 0.462. The number of ether oxygens (including phenoxy) is 1. The van der Waals surface area contributed by atoms with E-state index in [1.165, 1.54) is 5.56 Å². The van der Waals surface area contributed by atoms with Gasteiger partial charge in [0.15, 0.2) is 0 Å². The van der Waals surface area contributed by atoms with E-state index in [0.717, 1.165) is 17.8 Å². The molecule has 17 heavy (non-hydrogen) atoms. The first-order valence-electron chi connectivity index (χ1n) is 5.87. The normalized spacial score (nSPS) is 16.0. The van der Waals surface area contributed by atoms with Crippen LogP contribution in [-0.2, 0) is 16.0 Å². The Labute approximate surface area is 101 Å². The highest BCUT2D eigenvalue weighted by atomic mass is 16.5. The molecule has 0 aliphatic carbocycles. The molecule has 0 radical (unpaired) electrons. The Morgan fingerprint density at radius 1 is 1.47 bits per heavy atom. The highest BCUT2D eigenvalue weighted by Crippen LogP contribution is 2.25. The van der Waals surface area contributed by atoms with Crippen molar-refractivity contribution in [3.8, 4) is 0 Å². The van der Waals surface area contributed by atoms with E-state index >= 15 is 0 Å². The van der Waals surface area contributed by atoms with E-state index in [1.807, 2.05) is 12.1 Å². The van der Waals surface area contributed by atoms with Crippen molar-refractivity contribution < 1.29 is 9.53 Å². The minimum atomic E-state index is 0.103. The van der Waals surface area contributed by atoms with Gasteiger partial charge in [-0.25, -0.2) is 0 Å². The second-order valence-corrected chi connectivity index (χ2v) is 4.42. The highest BCUT2D eigenvalue weighted by Gasteiger charge is 2.14. The summed E-state index contributed by atoms with van der Waals surface area (Å²) in [5, 5.41) is 6.24. The number of nitrogens with one attached hydrogen (secondary N) is 2. The summed E-state index contributed by atoms with van der Waals surface area (Å²) in [4.78, 5) is 11.2. The molecule has 4 nitrogen and oxygen atoms in total. The van der Waals surface area contributed by atoms with Crippen molar-refractivity contribution in [2.24, 2.45) is 0 Å². The summed E-state index contributed by atoms with van der Waals surface area (Å²) >= 11 is 0. The molecule has 0 saturated heterocycles. The van der Waals surface area contributed by atoms with Crippen LogP contribution in [0.1, 0.15) is 18.9 Å². The molecule has 1 aliphatic rings. The second kappa shape index (κ2) is 5.19. The van der Waals surface area contributed by atoms with E-state index in [0.29, 0.717) is 13.0 Å². The van der Waals surface area contributed by atoms with Crippen molar-refractivity contribution in [3.63, 3.8) is 0 Å². The van der Waals surface area contributed by atoms with Gasteiger partial charge in [0.2, 0.25) is 5.91 Å². The Morgan fingerprint density at radius 2 is 2.29 bits per heavy atom. The van der Waals surface area contributed by atoms with Crippen LogP contribution >= 0.6 is 0 Å². The number of amides is 1. The molecule has 0 aromatic heterocycles. The van der Waals surface area contributed by atoms with Crippen molar-refractivity contribution in [3.05, 3.63) is 23.8 Å². The quantitative estimate of drug-likeness (QED) is 0.838. The molecule has 4 heteroatoms. The first kappa shape index (κ1) is 11.9. The summed E-state index contributed by atoms with van der Waals surface area (Å²) in [6.45, 7) is 2.75. The molecule has 1 atom stereocenters. The Hall–Kier alpha value is -1.55. The SMILES string of the molecule is COCC(C)Nc1ccc2c(c1)CCC(=O)N2. The van der Waals surface area contributed by atoms with Crippen LogP contribution < -0.4 is 10.6 Å². The van der Waals surface area contributed by atoms with Crippen molar-refractivity contribution in [2.75, 3.05) is 24.4 Å². The summed E-state index contributed by atoms with van der Waals surface area (Å²) in [5.41, 5.74) is 3.20. The first-order valence-corrected chi connectivity index (χ1v) is 5.87. The van der Waals surface area contributed by atoms with Crippen LogP contribution in [0.5, 0.6) is 0 Å². The smallest absolute Gasteiger partial charge is 0.224 e. The van der Waals surface area contributed by atoms with Gasteiger partial charge in [0, 0.05) is 30.9 Å². The lowest BCUT2D eigenvalue weighted by Gasteiger charge is -2.20. The minimum Gasteiger partial charge on any atom is -0.383 e. The molecule has 1 heterocycles. The van der Waals surface area contributed by atoms with Gasteiger partial charge in [-0.05, 0) is 37.1 Å². The van der Waals surface area contributed by atoms with E-state index in [4.69, 9.17) is 4.74 Å². The molecular weight excluding hydrogens is 216 g/mol. The van der Waals surface area contributed by atoms with Gasteiger partial charge in [0.25, 0.3) is 0 Å². The average molecular weight is 234 g/mol. The maximum Gasteiger partial charge on any atom is 0.224 e. The van der Waals surface area contributed by atoms with Gasteiger partial charge in [0.05, 0.1) is 6.61 Å². The van der Waals surface area contributed by atoms with Crippen LogP contribution in [0.4, 0.5) is 11.4 Å². The summed E-state index contributed by atoms with van der Waals surface area (Å²) in [7, 11) is 1.70. The summed E-state index contributed by atoms with van der Waals surface area (Å²) in [6, 6.07) is 6.31. The highest BCUT2D eigenvalue weighted by molar-refractivity contribution is 5.94. The van der Waals surface area contributed by atoms with Gasteiger partial charge in [-0.3, -0.25) is 4.79 Å². The third-order valence-electron chi connectivity index (χ3n) is 2.83. The van der Waals surface area contributed by atoms with Crippen molar-refractivity contribution in [1.29, 1.82) is 0 Å². The number of aryl methyl sites for hydroxylation is 1. The molecule has 1 amide bonds. The minimum absolute atomic E-state index is 0.103. The van der Waals surface area contributed by atoms with Gasteiger partial charge in [-0.2, -0.15) is 0 Å². The van der Waals surface area contributed by atoms with Crippen LogP contribution in [-0.4, -0.2) is 25.7 Å². The zero-order valence-corrected chi connectivity index (χ0v) is 10.2. The molecule has 92 valence electrons. The molecule has 0 saturated carbocycles. The van der Waals surface area contributed by atoms with Crippen LogP contribution in [0.2, 0.25) is 0 Å². The zero-order chi connectivity index (χ0) is 12.3. The molecule has 0 bridgehead atoms. The fourth-order valence-electron chi connectivity index (χ4n) is 2.05. The van der Waals surface area contributed by atoms with Crippen molar-refractivity contribution in [2.45, 2.75) is 25.8 Å². The number of fused-ring (bicyclic) bond motifs is 1. The monoisotopic (exact) mass is 234 g/mol. The Balaban J connectivity index is 2.08. The molecule has 1 unspecified atom stereocenters. The maximum absolute atomic E-state index is 11.2. The number of methoxy groups -OCH3 is 1. The average Bonchev–Trinajstić information content (AvgIpc) is 2.29. The number of benzene rings is 1. The molecular formula is C13H18N2O2. The number of rotatable bonds is 4. The van der Waals surface area contributed by atoms with E-state index in [9.17, 15) is 4.79 Å². The third kappa shape index (κ3) is 2.97. The van der Waals surface area contributed by atoms with E-state index < -0.39 is 0 Å². The molecule has 2 N–H and O–H groups in total. The van der Waals surface area contributed by atoms with E-state index in [1.54, 1.807) is 7.11 Å². The van der Waals surface area contributed by atoms with Gasteiger partial charge in [0.1, 0.15) is 0 Å². The number of hydrogen-bond acceptors (Lipinski definition) is 3. The summed E-state index contributed by atoms with van der Waals surface area (Å²) < 4.78 is 5.08. The number of carbonyl (C=O) groups is 1. The molecule has 2 rings (SSSR count). The van der Waals surface area contributed by atoms with E-state index in [2.05, 4.69) is 23.6 Å². The Morgan fingerprint density at radius 3 is 3.06 bits per heavy atom. The predicted molar refractivity (Wildman–Crippen MR) is 68.4 cm³/mol. The number of anilines is 2. The number of hydrogen-bond donors (Lipinski definition) is 2. The Kier molecular flexibility index (Phi) is 3.64. The lowest BCUT2D eigenvalue weighted by Crippen LogP contribution is -2.22. The van der Waals surface area contributed by atoms with Crippen LogP contribution in [0.15, 0.2) is 18.2 Å². The molecule has 1 aromatic carbocycles. The van der Waals surface area contributed by atoms with Crippen LogP contribution in [0.3, 0.4) is 0 Å². The molecule has 0 spiro atoms. The maximum atomic E-state index is 11.2. The van der Waals surface area contributed by atoms with Gasteiger partial charge in [-0.15, -0.1) is 0 Å². The topological polar surface area (TPSA) is 50.4 Å². The van der Waals surface area contributed by atoms with Crippen molar-refractivity contribution in [1.82, 2.24) is 0 Å². The lowest BCUT2D eigenvalue weighted by molar-refractivity contribution is -0.116. The van der Waals surface area contributed by atoms with E-state index in [-0.39, 0.29) is 11.9 Å². The largest absolute Gasteiger partial charge is 0.383 e. The summed E-state index contributed by atoms with van der Waals surface area (Å²) in [5.74, 6) is 0.103. The molecule has 1 aliphatic heterocycles. The van der Waals surface area contributed by atoms with Crippen molar-refractivity contribution >= 4 is 17.3 Å². The molecule has 1 aromatic rings. The fourth-order valence-corrected chi connectivity index (χ4v) is 2.05. The standard InChI is InChI=1S/C13H18N2O2/c1-9(8-17-2)14-11-4-5-12-10(7-11)3-6-13(16)15-12/h4-5,7,9,14H,3,6,8H2,1-2H3,(H,15,16). The number of carbonyl (C=O) groups excluding carboxylic acids is 1. The Bertz CT molecular complexity index is 418. The van der Waals surface area contributed by atoms with Crippen LogP contribution in [0, 0.1) is 0 Å². The van der Waals surface area contributed by atoms with Crippen LogP contribution in [0.25, 0.3) is 0 Å². The summed E-state index contributed by atoms with van der Waals surface area (Å²) in [6.07, 6.45) is 1.39. The van der Waals surface area contributed by atoms with Gasteiger partial charge >= 0.3 is 0 Å².